The average Bonchev–Trinajstić information content (AvgIpc) is 2.03. The molecule has 0 aromatic heterocycles. The first-order valence-electron chi connectivity index (χ1n) is 4.83. The summed E-state index contributed by atoms with van der Waals surface area (Å²) in [6.07, 6.45) is 1.79. The summed E-state index contributed by atoms with van der Waals surface area (Å²) < 4.78 is 5.03. The van der Waals surface area contributed by atoms with E-state index in [-0.39, 0.29) is 17.4 Å². The predicted molar refractivity (Wildman–Crippen MR) is 58.1 cm³/mol. The number of hydrogen-bond donors (Lipinski definition) is 0. The van der Waals surface area contributed by atoms with Gasteiger partial charge in [-0.25, -0.2) is 0 Å². The van der Waals surface area contributed by atoms with Crippen LogP contribution >= 0.6 is 0 Å². The number of ether oxygens (including phenoxy) is 1. The highest BCUT2D eigenvalue weighted by Crippen LogP contribution is 2.25. The Kier molecular flexibility index (Phi) is 4.85. The molecular weight excluding hydrogens is 178 g/mol. The lowest BCUT2D eigenvalue weighted by molar-refractivity contribution is -0.151. The van der Waals surface area contributed by atoms with Gasteiger partial charge in [-0.3, -0.25) is 9.69 Å². The van der Waals surface area contributed by atoms with Crippen LogP contribution in [0.25, 0.3) is 0 Å². The van der Waals surface area contributed by atoms with Crippen LogP contribution in [-0.2, 0) is 9.53 Å². The number of rotatable bonds is 5. The van der Waals surface area contributed by atoms with Crippen molar-refractivity contribution in [1.82, 2.24) is 4.90 Å². The maximum atomic E-state index is 11.7. The molecule has 14 heavy (non-hydrogen) atoms. The summed E-state index contributed by atoms with van der Waals surface area (Å²) >= 11 is 0. The lowest BCUT2D eigenvalue weighted by atomic mass is 9.84. The summed E-state index contributed by atoms with van der Waals surface area (Å²) in [6, 6.07) is -0.278. The van der Waals surface area contributed by atoms with Gasteiger partial charge in [-0.1, -0.05) is 19.9 Å². The number of likely N-dealkylation sites (N-methyl/N-ethyl adjacent to an activating group) is 1. The lowest BCUT2D eigenvalue weighted by Gasteiger charge is -2.34. The minimum absolute atomic E-state index is 0.192. The number of hydrogen-bond acceptors (Lipinski definition) is 3. The van der Waals surface area contributed by atoms with Crippen molar-refractivity contribution in [2.45, 2.75) is 26.8 Å². The maximum absolute atomic E-state index is 11.7. The number of nitrogens with zero attached hydrogens (tertiary/aromatic N) is 1. The number of carbonyl (C=O) groups excluding carboxylic acids is 1. The summed E-state index contributed by atoms with van der Waals surface area (Å²) in [6.45, 7) is 9.92. The van der Waals surface area contributed by atoms with Gasteiger partial charge < -0.3 is 4.74 Å². The monoisotopic (exact) mass is 199 g/mol. The first kappa shape index (κ1) is 13.2. The summed E-state index contributed by atoms with van der Waals surface area (Å²) in [5.41, 5.74) is -0.282. The summed E-state index contributed by atoms with van der Waals surface area (Å²) in [4.78, 5) is 13.5. The summed E-state index contributed by atoms with van der Waals surface area (Å²) in [5, 5.41) is 0. The molecule has 0 aromatic rings. The fourth-order valence-corrected chi connectivity index (χ4v) is 1.51. The molecule has 1 atom stereocenters. The van der Waals surface area contributed by atoms with Gasteiger partial charge in [0.2, 0.25) is 0 Å². The van der Waals surface area contributed by atoms with Crippen LogP contribution < -0.4 is 0 Å². The van der Waals surface area contributed by atoms with E-state index < -0.39 is 0 Å². The Bertz CT molecular complexity index is 209. The number of esters is 1. The first-order chi connectivity index (χ1) is 6.36. The van der Waals surface area contributed by atoms with E-state index in [4.69, 9.17) is 4.74 Å². The normalized spacial score (nSPS) is 13.9. The minimum atomic E-state index is -0.282. The highest BCUT2D eigenvalue weighted by Gasteiger charge is 2.35. The van der Waals surface area contributed by atoms with Crippen LogP contribution in [0.15, 0.2) is 12.7 Å². The molecule has 0 spiro atoms. The van der Waals surface area contributed by atoms with E-state index >= 15 is 0 Å². The van der Waals surface area contributed by atoms with Crippen molar-refractivity contribution in [3.05, 3.63) is 12.7 Å². The van der Waals surface area contributed by atoms with Gasteiger partial charge in [-0.15, -0.1) is 6.58 Å². The summed E-state index contributed by atoms with van der Waals surface area (Å²) in [7, 11) is 3.74. The zero-order valence-corrected chi connectivity index (χ0v) is 9.83. The standard InChI is InChI=1S/C11H21NO2/c1-7-11(3,4)9(12(5)6)10(13)14-8-2/h7,9H,1,8H2,2-6H3. The van der Waals surface area contributed by atoms with E-state index in [9.17, 15) is 4.79 Å². The molecule has 0 aliphatic rings. The van der Waals surface area contributed by atoms with Crippen LogP contribution in [-0.4, -0.2) is 37.6 Å². The molecule has 0 saturated carbocycles. The average molecular weight is 199 g/mol. The quantitative estimate of drug-likeness (QED) is 0.498. The topological polar surface area (TPSA) is 29.5 Å². The highest BCUT2D eigenvalue weighted by atomic mass is 16.5. The van der Waals surface area contributed by atoms with Gasteiger partial charge >= 0.3 is 5.97 Å². The molecule has 0 saturated heterocycles. The highest BCUT2D eigenvalue weighted by molar-refractivity contribution is 5.77. The first-order valence-corrected chi connectivity index (χ1v) is 4.83. The van der Waals surface area contributed by atoms with Gasteiger partial charge in [-0.2, -0.15) is 0 Å². The molecule has 0 aliphatic carbocycles. The zero-order chi connectivity index (χ0) is 11.4. The third kappa shape index (κ3) is 3.14. The molecule has 0 radical (unpaired) electrons. The molecular formula is C11H21NO2. The smallest absolute Gasteiger partial charge is 0.324 e. The SMILES string of the molecule is C=CC(C)(C)C(C(=O)OCC)N(C)C. The van der Waals surface area contributed by atoms with E-state index in [1.54, 1.807) is 6.08 Å². The van der Waals surface area contributed by atoms with Crippen molar-refractivity contribution in [2.75, 3.05) is 20.7 Å². The largest absolute Gasteiger partial charge is 0.465 e. The van der Waals surface area contributed by atoms with Crippen molar-refractivity contribution in [3.63, 3.8) is 0 Å². The second-order valence-corrected chi connectivity index (χ2v) is 4.14. The molecule has 0 amide bonds. The fourth-order valence-electron chi connectivity index (χ4n) is 1.51. The van der Waals surface area contributed by atoms with Gasteiger partial charge in [0.05, 0.1) is 6.61 Å². The maximum Gasteiger partial charge on any atom is 0.324 e. The van der Waals surface area contributed by atoms with Gasteiger partial charge in [0.1, 0.15) is 6.04 Å². The second-order valence-electron chi connectivity index (χ2n) is 4.14. The van der Waals surface area contributed by atoms with Gasteiger partial charge in [0.15, 0.2) is 0 Å². The van der Waals surface area contributed by atoms with E-state index in [0.29, 0.717) is 6.61 Å². The lowest BCUT2D eigenvalue weighted by Crippen LogP contribution is -2.47. The van der Waals surface area contributed by atoms with Crippen molar-refractivity contribution >= 4 is 5.97 Å². The second kappa shape index (κ2) is 5.15. The van der Waals surface area contributed by atoms with E-state index in [2.05, 4.69) is 6.58 Å². The third-order valence-corrected chi connectivity index (χ3v) is 2.26. The molecule has 1 unspecified atom stereocenters. The van der Waals surface area contributed by atoms with E-state index in [1.807, 2.05) is 39.8 Å². The Morgan fingerprint density at radius 1 is 1.57 bits per heavy atom. The van der Waals surface area contributed by atoms with Crippen LogP contribution in [0.1, 0.15) is 20.8 Å². The molecule has 82 valence electrons. The molecule has 0 heterocycles. The molecule has 3 nitrogen and oxygen atoms in total. The third-order valence-electron chi connectivity index (χ3n) is 2.26. The van der Waals surface area contributed by atoms with Crippen molar-refractivity contribution < 1.29 is 9.53 Å². The van der Waals surface area contributed by atoms with Crippen molar-refractivity contribution in [3.8, 4) is 0 Å². The Morgan fingerprint density at radius 2 is 2.07 bits per heavy atom. The zero-order valence-electron chi connectivity index (χ0n) is 9.83. The van der Waals surface area contributed by atoms with Gasteiger partial charge in [0, 0.05) is 5.41 Å². The Labute approximate surface area is 86.7 Å². The molecule has 0 N–H and O–H groups in total. The fraction of sp³-hybridized carbons (Fsp3) is 0.727. The van der Waals surface area contributed by atoms with E-state index in [1.165, 1.54) is 0 Å². The van der Waals surface area contributed by atoms with Crippen LogP contribution in [0.3, 0.4) is 0 Å². The molecule has 3 heteroatoms. The molecule has 0 aliphatic heterocycles. The van der Waals surface area contributed by atoms with Crippen LogP contribution in [0.4, 0.5) is 0 Å². The minimum Gasteiger partial charge on any atom is -0.465 e. The Morgan fingerprint density at radius 3 is 2.36 bits per heavy atom. The van der Waals surface area contributed by atoms with Crippen LogP contribution in [0, 0.1) is 5.41 Å². The van der Waals surface area contributed by atoms with E-state index in [0.717, 1.165) is 0 Å². The van der Waals surface area contributed by atoms with Crippen LogP contribution in [0.5, 0.6) is 0 Å². The Hall–Kier alpha value is -0.830. The van der Waals surface area contributed by atoms with Crippen LogP contribution in [0.2, 0.25) is 0 Å². The van der Waals surface area contributed by atoms with Crippen molar-refractivity contribution in [1.29, 1.82) is 0 Å². The van der Waals surface area contributed by atoms with Gasteiger partial charge in [-0.05, 0) is 21.0 Å². The molecule has 0 rings (SSSR count). The Balaban J connectivity index is 4.76. The molecule has 0 aromatic carbocycles. The summed E-state index contributed by atoms with van der Waals surface area (Å²) in [5.74, 6) is -0.192. The predicted octanol–water partition coefficient (Wildman–Crippen LogP) is 1.69. The van der Waals surface area contributed by atoms with Gasteiger partial charge in [0.25, 0.3) is 0 Å². The molecule has 0 fully saturated rings. The molecule has 0 bridgehead atoms. The number of carbonyl (C=O) groups is 1. The van der Waals surface area contributed by atoms with Crippen molar-refractivity contribution in [2.24, 2.45) is 5.41 Å².